The van der Waals surface area contributed by atoms with E-state index in [1.807, 2.05) is 0 Å². The van der Waals surface area contributed by atoms with Crippen molar-refractivity contribution < 1.29 is 27.5 Å². The molecule has 0 unspecified atom stereocenters. The predicted molar refractivity (Wildman–Crippen MR) is 55.0 cm³/mol. The van der Waals surface area contributed by atoms with Crippen LogP contribution in [0.2, 0.25) is 0 Å². The van der Waals surface area contributed by atoms with Gasteiger partial charge in [-0.1, -0.05) is 0 Å². The zero-order valence-corrected chi connectivity index (χ0v) is 9.03. The van der Waals surface area contributed by atoms with E-state index in [0.29, 0.717) is 0 Å². The van der Waals surface area contributed by atoms with Gasteiger partial charge in [0.25, 0.3) is 0 Å². The number of carbonyl (C=O) groups excluding carboxylic acids is 2. The normalized spacial score (nSPS) is 15.7. The molecule has 1 aromatic carbocycles. The minimum atomic E-state index is -3.14. The highest BCUT2D eigenvalue weighted by Gasteiger charge is 2.31. The van der Waals surface area contributed by atoms with Gasteiger partial charge in [-0.2, -0.15) is 8.78 Å². The Balaban J connectivity index is 2.37. The summed E-state index contributed by atoms with van der Waals surface area (Å²) < 4.78 is 41.5. The molecule has 0 saturated carbocycles. The quantitative estimate of drug-likeness (QED) is 0.777. The molecule has 0 radical (unpaired) electrons. The van der Waals surface area contributed by atoms with Crippen LogP contribution in [0.25, 0.3) is 0 Å². The summed E-state index contributed by atoms with van der Waals surface area (Å²) in [5, 5.41) is 0. The molecular weight excluding hydrogens is 251 g/mol. The number of ether oxygens (including phenoxy) is 1. The number of amides is 1. The third-order valence-electron chi connectivity index (χ3n) is 2.41. The van der Waals surface area contributed by atoms with Crippen LogP contribution in [-0.4, -0.2) is 24.8 Å². The SMILES string of the molecule is O=C1CC(=O)N(c2ccc(F)cc2OC(F)F)C1. The van der Waals surface area contributed by atoms with Gasteiger partial charge in [0.05, 0.1) is 18.7 Å². The van der Waals surface area contributed by atoms with Crippen molar-refractivity contribution in [2.75, 3.05) is 11.4 Å². The molecule has 0 bridgehead atoms. The van der Waals surface area contributed by atoms with Gasteiger partial charge in [-0.3, -0.25) is 9.59 Å². The molecule has 18 heavy (non-hydrogen) atoms. The van der Waals surface area contributed by atoms with E-state index in [1.54, 1.807) is 0 Å². The van der Waals surface area contributed by atoms with Gasteiger partial charge in [0.2, 0.25) is 5.91 Å². The Morgan fingerprint density at radius 3 is 2.56 bits per heavy atom. The zero-order chi connectivity index (χ0) is 13.3. The molecule has 0 atom stereocenters. The molecule has 1 aliphatic rings. The Hall–Kier alpha value is -2.05. The molecule has 1 heterocycles. The van der Waals surface area contributed by atoms with E-state index in [2.05, 4.69) is 4.74 Å². The molecule has 0 aliphatic carbocycles. The van der Waals surface area contributed by atoms with Crippen molar-refractivity contribution in [2.45, 2.75) is 13.0 Å². The molecule has 0 spiro atoms. The van der Waals surface area contributed by atoms with E-state index in [0.717, 1.165) is 23.1 Å². The lowest BCUT2D eigenvalue weighted by atomic mass is 10.2. The van der Waals surface area contributed by atoms with E-state index in [1.165, 1.54) is 0 Å². The van der Waals surface area contributed by atoms with E-state index < -0.39 is 24.1 Å². The first-order valence-electron chi connectivity index (χ1n) is 5.04. The summed E-state index contributed by atoms with van der Waals surface area (Å²) in [4.78, 5) is 23.6. The number of halogens is 3. The first-order chi connectivity index (χ1) is 8.47. The largest absolute Gasteiger partial charge is 0.432 e. The molecule has 1 aliphatic heterocycles. The van der Waals surface area contributed by atoms with Crippen molar-refractivity contribution in [3.05, 3.63) is 24.0 Å². The number of rotatable bonds is 3. The molecule has 96 valence electrons. The Morgan fingerprint density at radius 1 is 1.28 bits per heavy atom. The first-order valence-corrected chi connectivity index (χ1v) is 5.04. The molecule has 1 saturated heterocycles. The van der Waals surface area contributed by atoms with E-state index in [-0.39, 0.29) is 24.4 Å². The summed E-state index contributed by atoms with van der Waals surface area (Å²) in [5.41, 5.74) is -0.0347. The standard InChI is InChI=1S/C11H8F3NO3/c12-6-1-2-8(9(3-6)18-11(13)14)15-5-7(16)4-10(15)17/h1-3,11H,4-5H2. The van der Waals surface area contributed by atoms with Gasteiger partial charge in [-0.05, 0) is 12.1 Å². The van der Waals surface area contributed by atoms with Crippen LogP contribution in [0.3, 0.4) is 0 Å². The summed E-state index contributed by atoms with van der Waals surface area (Å²) in [5.74, 6) is -2.08. The van der Waals surface area contributed by atoms with Crippen molar-refractivity contribution >= 4 is 17.4 Å². The Kier molecular flexibility index (Phi) is 3.22. The monoisotopic (exact) mass is 259 g/mol. The summed E-state index contributed by atoms with van der Waals surface area (Å²) in [6, 6.07) is 2.88. The summed E-state index contributed by atoms with van der Waals surface area (Å²) in [7, 11) is 0. The lowest BCUT2D eigenvalue weighted by Gasteiger charge is -2.18. The third-order valence-corrected chi connectivity index (χ3v) is 2.41. The number of carbonyl (C=O) groups is 2. The average Bonchev–Trinajstić information content (AvgIpc) is 2.57. The molecule has 2 rings (SSSR count). The molecule has 1 aromatic rings. The lowest BCUT2D eigenvalue weighted by molar-refractivity contribution is -0.121. The minimum absolute atomic E-state index is 0.0347. The average molecular weight is 259 g/mol. The first kappa shape index (κ1) is 12.4. The highest BCUT2D eigenvalue weighted by molar-refractivity contribution is 6.15. The van der Waals surface area contributed by atoms with Crippen LogP contribution in [0.4, 0.5) is 18.9 Å². The van der Waals surface area contributed by atoms with Crippen LogP contribution in [0.5, 0.6) is 5.75 Å². The van der Waals surface area contributed by atoms with Crippen molar-refractivity contribution in [2.24, 2.45) is 0 Å². The maximum absolute atomic E-state index is 13.0. The van der Waals surface area contributed by atoms with E-state index in [9.17, 15) is 22.8 Å². The molecule has 7 heteroatoms. The summed E-state index contributed by atoms with van der Waals surface area (Å²) >= 11 is 0. The van der Waals surface area contributed by atoms with E-state index >= 15 is 0 Å². The summed E-state index contributed by atoms with van der Waals surface area (Å²) in [6.45, 7) is -3.36. The van der Waals surface area contributed by atoms with Crippen LogP contribution >= 0.6 is 0 Å². The van der Waals surface area contributed by atoms with Gasteiger partial charge in [0.1, 0.15) is 5.82 Å². The molecule has 1 amide bonds. The maximum atomic E-state index is 13.0. The molecule has 4 nitrogen and oxygen atoms in total. The second-order valence-electron chi connectivity index (χ2n) is 3.69. The molecule has 1 fully saturated rings. The second kappa shape index (κ2) is 4.67. The third kappa shape index (κ3) is 2.44. The number of alkyl halides is 2. The number of anilines is 1. The van der Waals surface area contributed by atoms with Gasteiger partial charge in [-0.25, -0.2) is 4.39 Å². The van der Waals surface area contributed by atoms with Crippen molar-refractivity contribution in [1.82, 2.24) is 0 Å². The second-order valence-corrected chi connectivity index (χ2v) is 3.69. The van der Waals surface area contributed by atoms with Crippen molar-refractivity contribution in [3.8, 4) is 5.75 Å². The minimum Gasteiger partial charge on any atom is -0.432 e. The number of nitrogens with zero attached hydrogens (tertiary/aromatic N) is 1. The van der Waals surface area contributed by atoms with Crippen LogP contribution in [0, 0.1) is 5.82 Å². The van der Waals surface area contributed by atoms with Gasteiger partial charge < -0.3 is 9.64 Å². The number of ketones is 1. The Morgan fingerprint density at radius 2 is 2.00 bits per heavy atom. The van der Waals surface area contributed by atoms with Crippen LogP contribution < -0.4 is 9.64 Å². The highest BCUT2D eigenvalue weighted by Crippen LogP contribution is 2.32. The number of Topliss-reactive ketones (excluding diaryl/α,β-unsaturated/α-hetero) is 1. The fourth-order valence-electron chi connectivity index (χ4n) is 1.71. The lowest BCUT2D eigenvalue weighted by Crippen LogP contribution is -2.25. The van der Waals surface area contributed by atoms with Crippen LogP contribution in [0.15, 0.2) is 18.2 Å². The number of hydrogen-bond donors (Lipinski definition) is 0. The van der Waals surface area contributed by atoms with Gasteiger partial charge in [0.15, 0.2) is 11.5 Å². The molecule has 0 N–H and O–H groups in total. The van der Waals surface area contributed by atoms with Crippen LogP contribution in [0.1, 0.15) is 6.42 Å². The van der Waals surface area contributed by atoms with Gasteiger partial charge in [-0.15, -0.1) is 0 Å². The number of benzene rings is 1. The zero-order valence-electron chi connectivity index (χ0n) is 9.03. The summed E-state index contributed by atoms with van der Waals surface area (Å²) in [6.07, 6.45) is -0.286. The van der Waals surface area contributed by atoms with E-state index in [4.69, 9.17) is 0 Å². The maximum Gasteiger partial charge on any atom is 0.387 e. The molecular formula is C11H8F3NO3. The Bertz CT molecular complexity index is 504. The fraction of sp³-hybridized carbons (Fsp3) is 0.273. The predicted octanol–water partition coefficient (Wildman–Crippen LogP) is 1.73. The highest BCUT2D eigenvalue weighted by atomic mass is 19.3. The molecule has 0 aromatic heterocycles. The van der Waals surface area contributed by atoms with Crippen molar-refractivity contribution in [1.29, 1.82) is 0 Å². The smallest absolute Gasteiger partial charge is 0.387 e. The van der Waals surface area contributed by atoms with Gasteiger partial charge in [0, 0.05) is 6.07 Å². The fourth-order valence-corrected chi connectivity index (χ4v) is 1.71. The van der Waals surface area contributed by atoms with Crippen LogP contribution in [-0.2, 0) is 9.59 Å². The topological polar surface area (TPSA) is 46.6 Å². The van der Waals surface area contributed by atoms with Crippen molar-refractivity contribution in [3.63, 3.8) is 0 Å². The number of hydrogen-bond acceptors (Lipinski definition) is 3. The van der Waals surface area contributed by atoms with Gasteiger partial charge >= 0.3 is 6.61 Å². The Labute approximate surface area is 99.9 Å².